The zero-order valence-corrected chi connectivity index (χ0v) is 13.8. The van der Waals surface area contributed by atoms with E-state index in [0.717, 1.165) is 10.0 Å². The van der Waals surface area contributed by atoms with Gasteiger partial charge in [0.05, 0.1) is 21.7 Å². The van der Waals surface area contributed by atoms with E-state index < -0.39 is 0 Å². The van der Waals surface area contributed by atoms with E-state index in [0.29, 0.717) is 10.6 Å². The second kappa shape index (κ2) is 6.61. The van der Waals surface area contributed by atoms with Crippen molar-refractivity contribution in [2.75, 3.05) is 0 Å². The fourth-order valence-corrected chi connectivity index (χ4v) is 2.62. The molecule has 5 heteroatoms. The minimum Gasteiger partial charge on any atom is -0.345 e. The lowest BCUT2D eigenvalue weighted by molar-refractivity contribution is 0.0940. The van der Waals surface area contributed by atoms with Crippen LogP contribution in [0.1, 0.15) is 28.9 Å². The topological polar surface area (TPSA) is 29.1 Å². The van der Waals surface area contributed by atoms with Crippen molar-refractivity contribution in [1.82, 2.24) is 5.32 Å². The Kier molecular flexibility index (Phi) is 5.08. The maximum Gasteiger partial charge on any atom is 0.253 e. The summed E-state index contributed by atoms with van der Waals surface area (Å²) < 4.78 is 0.969. The van der Waals surface area contributed by atoms with Crippen molar-refractivity contribution in [3.05, 3.63) is 68.1 Å². The predicted molar refractivity (Wildman–Crippen MR) is 86.5 cm³/mol. The predicted octanol–water partition coefficient (Wildman–Crippen LogP) is 5.25. The summed E-state index contributed by atoms with van der Waals surface area (Å²) in [7, 11) is 0. The highest BCUT2D eigenvalue weighted by atomic mass is 79.9. The highest BCUT2D eigenvalue weighted by Crippen LogP contribution is 2.26. The van der Waals surface area contributed by atoms with Crippen molar-refractivity contribution in [2.24, 2.45) is 0 Å². The van der Waals surface area contributed by atoms with Gasteiger partial charge in [-0.25, -0.2) is 0 Å². The third kappa shape index (κ3) is 3.54. The van der Waals surface area contributed by atoms with Crippen LogP contribution in [-0.2, 0) is 0 Å². The third-order valence-corrected chi connectivity index (χ3v) is 4.20. The van der Waals surface area contributed by atoms with Gasteiger partial charge in [0.1, 0.15) is 0 Å². The smallest absolute Gasteiger partial charge is 0.253 e. The summed E-state index contributed by atoms with van der Waals surface area (Å²) >= 11 is 15.4. The summed E-state index contributed by atoms with van der Waals surface area (Å²) in [4.78, 5) is 12.2. The van der Waals surface area contributed by atoms with Gasteiger partial charge in [-0.2, -0.15) is 0 Å². The van der Waals surface area contributed by atoms with Gasteiger partial charge in [0, 0.05) is 4.47 Å². The van der Waals surface area contributed by atoms with Gasteiger partial charge in [-0.15, -0.1) is 0 Å². The highest BCUT2D eigenvalue weighted by molar-refractivity contribution is 9.10. The lowest BCUT2D eigenvalue weighted by Crippen LogP contribution is -2.26. The third-order valence-electron chi connectivity index (χ3n) is 2.89. The number of rotatable bonds is 3. The van der Waals surface area contributed by atoms with Gasteiger partial charge in [-0.3, -0.25) is 4.79 Å². The molecule has 0 saturated carbocycles. The molecular formula is C15H12BrCl2NO. The fourth-order valence-electron chi connectivity index (χ4n) is 1.81. The fraction of sp³-hybridized carbons (Fsp3) is 0.133. The van der Waals surface area contributed by atoms with Crippen molar-refractivity contribution in [2.45, 2.75) is 13.0 Å². The second-order valence-electron chi connectivity index (χ2n) is 4.35. The van der Waals surface area contributed by atoms with Gasteiger partial charge in [-0.05, 0) is 36.8 Å². The first-order chi connectivity index (χ1) is 9.49. The molecule has 0 aliphatic heterocycles. The normalized spacial score (nSPS) is 12.0. The molecule has 1 N–H and O–H groups in total. The van der Waals surface area contributed by atoms with Crippen LogP contribution >= 0.6 is 39.1 Å². The summed E-state index contributed by atoms with van der Waals surface area (Å²) in [5.41, 5.74) is 1.38. The van der Waals surface area contributed by atoms with Gasteiger partial charge >= 0.3 is 0 Å². The van der Waals surface area contributed by atoms with Gasteiger partial charge in [0.2, 0.25) is 0 Å². The Bertz CT molecular complexity index is 646. The number of carbonyl (C=O) groups is 1. The van der Waals surface area contributed by atoms with Crippen molar-refractivity contribution in [3.8, 4) is 0 Å². The Hall–Kier alpha value is -1.03. The summed E-state index contributed by atoms with van der Waals surface area (Å²) in [6, 6.07) is 12.7. The molecule has 0 fully saturated rings. The number of halogens is 3. The number of benzene rings is 2. The quantitative estimate of drug-likeness (QED) is 0.783. The Morgan fingerprint density at radius 3 is 2.60 bits per heavy atom. The monoisotopic (exact) mass is 371 g/mol. The molecular weight excluding hydrogens is 361 g/mol. The van der Waals surface area contributed by atoms with Crippen LogP contribution in [0.4, 0.5) is 0 Å². The summed E-state index contributed by atoms with van der Waals surface area (Å²) in [5, 5.41) is 3.55. The lowest BCUT2D eigenvalue weighted by atomic mass is 10.1. The number of amides is 1. The molecule has 20 heavy (non-hydrogen) atoms. The van der Waals surface area contributed by atoms with E-state index in [2.05, 4.69) is 21.2 Å². The van der Waals surface area contributed by atoms with Gasteiger partial charge < -0.3 is 5.32 Å². The zero-order chi connectivity index (χ0) is 14.7. The number of carbonyl (C=O) groups excluding carboxylic acids is 1. The number of hydrogen-bond acceptors (Lipinski definition) is 1. The maximum absolute atomic E-state index is 12.2. The van der Waals surface area contributed by atoms with Gasteiger partial charge in [0.15, 0.2) is 0 Å². The van der Waals surface area contributed by atoms with Crippen LogP contribution in [0, 0.1) is 0 Å². The van der Waals surface area contributed by atoms with E-state index in [-0.39, 0.29) is 17.0 Å². The van der Waals surface area contributed by atoms with Crippen molar-refractivity contribution in [1.29, 1.82) is 0 Å². The van der Waals surface area contributed by atoms with Crippen molar-refractivity contribution >= 4 is 45.0 Å². The minimum absolute atomic E-state index is 0.130. The minimum atomic E-state index is -0.245. The Labute approximate surface area is 136 Å². The SMILES string of the molecule is CC(NC(=O)c1cccc(Cl)c1Cl)c1cccc(Br)c1. The molecule has 1 unspecified atom stereocenters. The van der Waals surface area contributed by atoms with Crippen molar-refractivity contribution < 1.29 is 4.79 Å². The first-order valence-corrected chi connectivity index (χ1v) is 7.54. The molecule has 0 bridgehead atoms. The van der Waals surface area contributed by atoms with E-state index in [1.807, 2.05) is 31.2 Å². The van der Waals surface area contributed by atoms with Crippen LogP contribution in [0.15, 0.2) is 46.9 Å². The first kappa shape index (κ1) is 15.4. The molecule has 0 aliphatic carbocycles. The molecule has 0 heterocycles. The number of hydrogen-bond donors (Lipinski definition) is 1. The van der Waals surface area contributed by atoms with Crippen LogP contribution < -0.4 is 5.32 Å². The molecule has 2 aromatic rings. The Morgan fingerprint density at radius 1 is 1.20 bits per heavy atom. The average molecular weight is 373 g/mol. The zero-order valence-electron chi connectivity index (χ0n) is 10.7. The lowest BCUT2D eigenvalue weighted by Gasteiger charge is -2.15. The van der Waals surface area contributed by atoms with Crippen molar-refractivity contribution in [3.63, 3.8) is 0 Å². The van der Waals surface area contributed by atoms with Crippen LogP contribution in [0.25, 0.3) is 0 Å². The molecule has 2 rings (SSSR count). The van der Waals surface area contributed by atoms with Crippen LogP contribution in [0.3, 0.4) is 0 Å². The second-order valence-corrected chi connectivity index (χ2v) is 6.05. The number of nitrogens with one attached hydrogen (secondary N) is 1. The van der Waals surface area contributed by atoms with Gasteiger partial charge in [0.25, 0.3) is 5.91 Å². The summed E-state index contributed by atoms with van der Waals surface area (Å²) in [6.45, 7) is 1.91. The molecule has 0 radical (unpaired) electrons. The Morgan fingerprint density at radius 2 is 1.90 bits per heavy atom. The highest BCUT2D eigenvalue weighted by Gasteiger charge is 2.15. The van der Waals surface area contributed by atoms with E-state index in [9.17, 15) is 4.79 Å². The summed E-state index contributed by atoms with van der Waals surface area (Å²) in [5.74, 6) is -0.245. The van der Waals surface area contributed by atoms with Crippen LogP contribution in [-0.4, -0.2) is 5.91 Å². The standard InChI is InChI=1S/C15H12BrCl2NO/c1-9(10-4-2-5-11(16)8-10)19-15(20)12-6-3-7-13(17)14(12)18/h2-9H,1H3,(H,19,20). The van der Waals surface area contributed by atoms with Crippen LogP contribution in [0.2, 0.25) is 10.0 Å². The average Bonchev–Trinajstić information content (AvgIpc) is 2.41. The maximum atomic E-state index is 12.2. The van der Waals surface area contributed by atoms with Crippen LogP contribution in [0.5, 0.6) is 0 Å². The molecule has 1 amide bonds. The largest absolute Gasteiger partial charge is 0.345 e. The molecule has 0 aliphatic rings. The summed E-state index contributed by atoms with van der Waals surface area (Å²) in [6.07, 6.45) is 0. The van der Waals surface area contributed by atoms with Gasteiger partial charge in [-0.1, -0.05) is 57.3 Å². The molecule has 104 valence electrons. The van der Waals surface area contributed by atoms with E-state index in [1.165, 1.54) is 0 Å². The molecule has 2 nitrogen and oxygen atoms in total. The Balaban J connectivity index is 2.17. The van der Waals surface area contributed by atoms with E-state index in [1.54, 1.807) is 18.2 Å². The van der Waals surface area contributed by atoms with E-state index >= 15 is 0 Å². The molecule has 2 aromatic carbocycles. The molecule has 0 saturated heterocycles. The molecule has 0 aromatic heterocycles. The molecule has 1 atom stereocenters. The first-order valence-electron chi connectivity index (χ1n) is 5.99. The van der Waals surface area contributed by atoms with E-state index in [4.69, 9.17) is 23.2 Å². The molecule has 0 spiro atoms.